The van der Waals surface area contributed by atoms with Gasteiger partial charge in [-0.1, -0.05) is 0 Å². The lowest BCUT2D eigenvalue weighted by Crippen LogP contribution is -2.10. The van der Waals surface area contributed by atoms with Crippen LogP contribution in [-0.4, -0.2) is 13.1 Å². The van der Waals surface area contributed by atoms with Crippen molar-refractivity contribution < 1.29 is 13.2 Å². The lowest BCUT2D eigenvalue weighted by Gasteiger charge is -2.07. The molecule has 14 heavy (non-hydrogen) atoms. The van der Waals surface area contributed by atoms with Gasteiger partial charge in [-0.15, -0.1) is 0 Å². The Morgan fingerprint density at radius 2 is 1.86 bits per heavy atom. The summed E-state index contributed by atoms with van der Waals surface area (Å²) in [6.45, 7) is 0.886. The molecule has 0 fully saturated rings. The molecule has 0 aliphatic carbocycles. The third-order valence-corrected chi connectivity index (χ3v) is 1.73. The van der Waals surface area contributed by atoms with Crippen LogP contribution in [0.4, 0.5) is 18.9 Å². The van der Waals surface area contributed by atoms with Crippen LogP contribution >= 0.6 is 0 Å². The first kappa shape index (κ1) is 10.8. The average Bonchev–Trinajstić information content (AvgIpc) is 2.18. The van der Waals surface area contributed by atoms with Crippen LogP contribution in [0.2, 0.25) is 0 Å². The lowest BCUT2D eigenvalue weighted by molar-refractivity contribution is 0.449. The van der Waals surface area contributed by atoms with E-state index in [9.17, 15) is 13.2 Å². The molecule has 1 aromatic rings. The SMILES string of the molecule is NCCCNc1ccc(F)c(F)c1F. The molecule has 0 amide bonds. The summed E-state index contributed by atoms with van der Waals surface area (Å²) in [5, 5.41) is 2.62. The molecule has 0 aliphatic heterocycles. The van der Waals surface area contributed by atoms with E-state index in [0.29, 0.717) is 19.5 Å². The van der Waals surface area contributed by atoms with Crippen LogP contribution in [0.15, 0.2) is 12.1 Å². The second-order valence-corrected chi connectivity index (χ2v) is 2.79. The Kier molecular flexibility index (Phi) is 3.76. The van der Waals surface area contributed by atoms with Crippen LogP contribution in [-0.2, 0) is 0 Å². The smallest absolute Gasteiger partial charge is 0.196 e. The molecule has 0 radical (unpaired) electrons. The molecular weight excluding hydrogens is 193 g/mol. The highest BCUT2D eigenvalue weighted by molar-refractivity contribution is 5.45. The molecule has 0 bridgehead atoms. The number of anilines is 1. The molecular formula is C9H11F3N2. The number of halogens is 3. The standard InChI is InChI=1S/C9H11F3N2/c10-6-2-3-7(9(12)8(6)11)14-5-1-4-13/h2-3,14H,1,4-5,13H2. The normalized spacial score (nSPS) is 10.3. The molecule has 0 spiro atoms. The highest BCUT2D eigenvalue weighted by atomic mass is 19.2. The van der Waals surface area contributed by atoms with Crippen LogP contribution in [0, 0.1) is 17.5 Å². The third kappa shape index (κ3) is 2.38. The van der Waals surface area contributed by atoms with Crippen LogP contribution in [0.5, 0.6) is 0 Å². The van der Waals surface area contributed by atoms with Crippen molar-refractivity contribution >= 4 is 5.69 Å². The summed E-state index contributed by atoms with van der Waals surface area (Å²) in [4.78, 5) is 0. The van der Waals surface area contributed by atoms with Gasteiger partial charge < -0.3 is 11.1 Å². The molecule has 0 saturated carbocycles. The molecule has 78 valence electrons. The van der Waals surface area contributed by atoms with E-state index in [4.69, 9.17) is 5.73 Å². The Morgan fingerprint density at radius 3 is 2.50 bits per heavy atom. The van der Waals surface area contributed by atoms with Gasteiger partial charge in [0.1, 0.15) is 0 Å². The monoisotopic (exact) mass is 204 g/mol. The number of benzene rings is 1. The van der Waals surface area contributed by atoms with E-state index in [1.54, 1.807) is 0 Å². The average molecular weight is 204 g/mol. The first-order valence-corrected chi connectivity index (χ1v) is 4.24. The first-order valence-electron chi connectivity index (χ1n) is 4.24. The minimum Gasteiger partial charge on any atom is -0.383 e. The maximum Gasteiger partial charge on any atom is 0.196 e. The molecule has 3 N–H and O–H groups in total. The first-order chi connectivity index (χ1) is 6.66. The maximum absolute atomic E-state index is 13.0. The quantitative estimate of drug-likeness (QED) is 0.580. The number of rotatable bonds is 4. The van der Waals surface area contributed by atoms with Crippen molar-refractivity contribution in [3.63, 3.8) is 0 Å². The molecule has 2 nitrogen and oxygen atoms in total. The fourth-order valence-electron chi connectivity index (χ4n) is 0.988. The minimum absolute atomic E-state index is 0.0441. The van der Waals surface area contributed by atoms with Gasteiger partial charge in [0.05, 0.1) is 5.69 Å². The van der Waals surface area contributed by atoms with E-state index < -0.39 is 17.5 Å². The second-order valence-electron chi connectivity index (χ2n) is 2.79. The fourth-order valence-corrected chi connectivity index (χ4v) is 0.988. The number of hydrogen-bond acceptors (Lipinski definition) is 2. The number of nitrogens with two attached hydrogens (primary N) is 1. The zero-order valence-electron chi connectivity index (χ0n) is 7.49. The van der Waals surface area contributed by atoms with E-state index in [1.165, 1.54) is 0 Å². The highest BCUT2D eigenvalue weighted by Gasteiger charge is 2.12. The summed E-state index contributed by atoms with van der Waals surface area (Å²) < 4.78 is 38.2. The molecule has 1 rings (SSSR count). The summed E-state index contributed by atoms with van der Waals surface area (Å²) >= 11 is 0. The Morgan fingerprint density at radius 1 is 1.14 bits per heavy atom. The Balaban J connectivity index is 2.73. The van der Waals surface area contributed by atoms with Gasteiger partial charge in [0.25, 0.3) is 0 Å². The van der Waals surface area contributed by atoms with Crippen molar-refractivity contribution in [3.8, 4) is 0 Å². The van der Waals surface area contributed by atoms with Gasteiger partial charge in [-0.2, -0.15) is 0 Å². The van der Waals surface area contributed by atoms with Crippen LogP contribution in [0.25, 0.3) is 0 Å². The molecule has 5 heteroatoms. The van der Waals surface area contributed by atoms with Crippen molar-refractivity contribution in [1.29, 1.82) is 0 Å². The topological polar surface area (TPSA) is 38.0 Å². The summed E-state index contributed by atoms with van der Waals surface area (Å²) in [5.74, 6) is -3.84. The Bertz CT molecular complexity index is 315. The van der Waals surface area contributed by atoms with Gasteiger partial charge in [0.2, 0.25) is 0 Å². The molecule has 0 heterocycles. The molecule has 0 aliphatic rings. The lowest BCUT2D eigenvalue weighted by atomic mass is 10.2. The van der Waals surface area contributed by atoms with E-state index in [2.05, 4.69) is 5.32 Å². The predicted octanol–water partition coefficient (Wildman–Crippen LogP) is 1.86. The molecule has 0 aromatic heterocycles. The third-order valence-electron chi connectivity index (χ3n) is 1.73. The van der Waals surface area contributed by atoms with Crippen molar-refractivity contribution in [2.75, 3.05) is 18.4 Å². The van der Waals surface area contributed by atoms with E-state index in [1.807, 2.05) is 0 Å². The van der Waals surface area contributed by atoms with Gasteiger partial charge in [-0.3, -0.25) is 0 Å². The van der Waals surface area contributed by atoms with Crippen LogP contribution < -0.4 is 11.1 Å². The molecule has 0 saturated heterocycles. The zero-order chi connectivity index (χ0) is 10.6. The van der Waals surface area contributed by atoms with E-state index >= 15 is 0 Å². The van der Waals surface area contributed by atoms with Gasteiger partial charge in [-0.25, -0.2) is 13.2 Å². The summed E-state index contributed by atoms with van der Waals surface area (Å²) in [6.07, 6.45) is 0.637. The highest BCUT2D eigenvalue weighted by Crippen LogP contribution is 2.19. The van der Waals surface area contributed by atoms with Gasteiger partial charge in [0, 0.05) is 6.54 Å². The molecule has 1 aromatic carbocycles. The Hall–Kier alpha value is -1.23. The van der Waals surface area contributed by atoms with E-state index in [0.717, 1.165) is 12.1 Å². The van der Waals surface area contributed by atoms with Crippen LogP contribution in [0.1, 0.15) is 6.42 Å². The summed E-state index contributed by atoms with van der Waals surface area (Å²) in [6, 6.07) is 2.04. The van der Waals surface area contributed by atoms with Crippen molar-refractivity contribution in [3.05, 3.63) is 29.6 Å². The van der Waals surface area contributed by atoms with Crippen molar-refractivity contribution in [1.82, 2.24) is 0 Å². The number of hydrogen-bond donors (Lipinski definition) is 2. The van der Waals surface area contributed by atoms with E-state index in [-0.39, 0.29) is 5.69 Å². The summed E-state index contributed by atoms with van der Waals surface area (Å²) in [5.41, 5.74) is 5.17. The number of nitrogens with one attached hydrogen (secondary N) is 1. The molecule has 0 unspecified atom stereocenters. The zero-order valence-corrected chi connectivity index (χ0v) is 7.49. The summed E-state index contributed by atoms with van der Waals surface area (Å²) in [7, 11) is 0. The Labute approximate surface area is 79.9 Å². The van der Waals surface area contributed by atoms with Gasteiger partial charge >= 0.3 is 0 Å². The van der Waals surface area contributed by atoms with Crippen molar-refractivity contribution in [2.24, 2.45) is 5.73 Å². The molecule has 0 atom stereocenters. The van der Waals surface area contributed by atoms with Gasteiger partial charge in [-0.05, 0) is 25.1 Å². The largest absolute Gasteiger partial charge is 0.383 e. The second kappa shape index (κ2) is 4.85. The van der Waals surface area contributed by atoms with Crippen molar-refractivity contribution in [2.45, 2.75) is 6.42 Å². The van der Waals surface area contributed by atoms with Crippen LogP contribution in [0.3, 0.4) is 0 Å². The minimum atomic E-state index is -1.46. The maximum atomic E-state index is 13.0. The van der Waals surface area contributed by atoms with Gasteiger partial charge in [0.15, 0.2) is 17.5 Å². The fraction of sp³-hybridized carbons (Fsp3) is 0.333. The predicted molar refractivity (Wildman–Crippen MR) is 48.5 cm³/mol.